The van der Waals surface area contributed by atoms with Gasteiger partial charge in [0.15, 0.2) is 5.82 Å². The molecule has 1 spiro atoms. The van der Waals surface area contributed by atoms with Gasteiger partial charge in [0, 0.05) is 19.2 Å². The molecular formula is C18H21FN2O3. The average Bonchev–Trinajstić information content (AvgIpc) is 3.21. The maximum Gasteiger partial charge on any atom is 0.250 e. The van der Waals surface area contributed by atoms with Crippen molar-refractivity contribution in [3.8, 4) is 5.88 Å². The lowest BCUT2D eigenvalue weighted by Gasteiger charge is -2.39. The van der Waals surface area contributed by atoms with Crippen LogP contribution in [0.5, 0.6) is 5.88 Å². The minimum atomic E-state index is -0.429. The highest BCUT2D eigenvalue weighted by Gasteiger charge is 2.44. The second-order valence-corrected chi connectivity index (χ2v) is 6.62. The Kier molecular flexibility index (Phi) is 4.24. The van der Waals surface area contributed by atoms with E-state index in [4.69, 9.17) is 13.9 Å². The molecule has 6 heteroatoms. The molecule has 2 aromatic heterocycles. The third kappa shape index (κ3) is 3.30. The van der Waals surface area contributed by atoms with Crippen molar-refractivity contribution in [1.29, 1.82) is 0 Å². The molecule has 4 rings (SSSR count). The summed E-state index contributed by atoms with van der Waals surface area (Å²) in [6.45, 7) is 3.15. The van der Waals surface area contributed by atoms with Crippen molar-refractivity contribution in [2.45, 2.75) is 37.5 Å². The minimum absolute atomic E-state index is 0.0615. The van der Waals surface area contributed by atoms with E-state index >= 15 is 0 Å². The van der Waals surface area contributed by atoms with Crippen LogP contribution in [-0.2, 0) is 11.3 Å². The Morgan fingerprint density at radius 2 is 2.33 bits per heavy atom. The lowest BCUT2D eigenvalue weighted by Crippen LogP contribution is -2.47. The molecule has 0 bridgehead atoms. The number of piperidine rings is 1. The fraction of sp³-hybridized carbons (Fsp3) is 0.500. The molecule has 4 heterocycles. The first-order valence-electron chi connectivity index (χ1n) is 8.38. The maximum absolute atomic E-state index is 13.7. The van der Waals surface area contributed by atoms with Crippen LogP contribution in [0.2, 0.25) is 0 Å². The van der Waals surface area contributed by atoms with Crippen LogP contribution in [0.1, 0.15) is 25.0 Å². The summed E-state index contributed by atoms with van der Waals surface area (Å²) >= 11 is 0. The third-order valence-corrected chi connectivity index (χ3v) is 4.76. The van der Waals surface area contributed by atoms with Crippen LogP contribution in [0.25, 0.3) is 0 Å². The second-order valence-electron chi connectivity index (χ2n) is 6.62. The van der Waals surface area contributed by atoms with Gasteiger partial charge in [0.05, 0.1) is 25.0 Å². The lowest BCUT2D eigenvalue weighted by atomic mass is 9.89. The van der Waals surface area contributed by atoms with Gasteiger partial charge < -0.3 is 13.9 Å². The Morgan fingerprint density at radius 3 is 3.17 bits per heavy atom. The highest BCUT2D eigenvalue weighted by atomic mass is 19.1. The van der Waals surface area contributed by atoms with E-state index in [9.17, 15) is 4.39 Å². The van der Waals surface area contributed by atoms with E-state index in [-0.39, 0.29) is 17.6 Å². The fourth-order valence-electron chi connectivity index (χ4n) is 3.73. The van der Waals surface area contributed by atoms with E-state index in [0.29, 0.717) is 6.61 Å². The van der Waals surface area contributed by atoms with E-state index in [2.05, 4.69) is 9.88 Å². The van der Waals surface area contributed by atoms with Gasteiger partial charge >= 0.3 is 0 Å². The predicted molar refractivity (Wildman–Crippen MR) is 85.1 cm³/mol. The summed E-state index contributed by atoms with van der Waals surface area (Å²) in [4.78, 5) is 6.32. The topological polar surface area (TPSA) is 47.7 Å². The Labute approximate surface area is 140 Å². The largest absolute Gasteiger partial charge is 0.470 e. The molecule has 24 heavy (non-hydrogen) atoms. The zero-order valence-electron chi connectivity index (χ0n) is 13.5. The highest BCUT2D eigenvalue weighted by Crippen LogP contribution is 2.36. The molecular weight excluding hydrogens is 311 g/mol. The molecule has 2 saturated heterocycles. The van der Waals surface area contributed by atoms with Crippen LogP contribution in [0.4, 0.5) is 4.39 Å². The molecule has 2 atom stereocenters. The van der Waals surface area contributed by atoms with Gasteiger partial charge in [-0.2, -0.15) is 0 Å². The van der Waals surface area contributed by atoms with Gasteiger partial charge in [0.2, 0.25) is 0 Å². The number of ether oxygens (including phenoxy) is 2. The predicted octanol–water partition coefficient (Wildman–Crippen LogP) is 3.02. The van der Waals surface area contributed by atoms with Crippen LogP contribution in [0, 0.1) is 5.82 Å². The zero-order chi connectivity index (χ0) is 16.4. The van der Waals surface area contributed by atoms with Crippen LogP contribution >= 0.6 is 0 Å². The number of pyridine rings is 1. The van der Waals surface area contributed by atoms with Crippen molar-refractivity contribution in [3.63, 3.8) is 0 Å². The summed E-state index contributed by atoms with van der Waals surface area (Å²) in [6, 6.07) is 6.82. The van der Waals surface area contributed by atoms with Crippen molar-refractivity contribution in [3.05, 3.63) is 48.3 Å². The third-order valence-electron chi connectivity index (χ3n) is 4.76. The average molecular weight is 332 g/mol. The second kappa shape index (κ2) is 6.53. The van der Waals surface area contributed by atoms with Crippen LogP contribution < -0.4 is 4.74 Å². The molecule has 0 aliphatic carbocycles. The molecule has 0 amide bonds. The first-order valence-corrected chi connectivity index (χ1v) is 8.38. The first-order chi connectivity index (χ1) is 11.7. The summed E-state index contributed by atoms with van der Waals surface area (Å²) in [5.41, 5.74) is -0.208. The lowest BCUT2D eigenvalue weighted by molar-refractivity contribution is -0.0550. The van der Waals surface area contributed by atoms with Gasteiger partial charge in [-0.3, -0.25) is 4.90 Å². The number of rotatable bonds is 4. The van der Waals surface area contributed by atoms with Gasteiger partial charge in [-0.1, -0.05) is 0 Å². The summed E-state index contributed by atoms with van der Waals surface area (Å²) in [5, 5.41) is 0. The number of aromatic nitrogens is 1. The summed E-state index contributed by atoms with van der Waals surface area (Å²) < 4.78 is 31.0. The molecule has 2 aliphatic heterocycles. The Morgan fingerprint density at radius 1 is 1.38 bits per heavy atom. The number of hydrogen-bond acceptors (Lipinski definition) is 5. The first kappa shape index (κ1) is 15.6. The van der Waals surface area contributed by atoms with Gasteiger partial charge in [0.1, 0.15) is 11.9 Å². The van der Waals surface area contributed by atoms with E-state index in [1.807, 2.05) is 12.1 Å². The van der Waals surface area contributed by atoms with E-state index in [0.717, 1.165) is 44.7 Å². The Hall–Kier alpha value is -1.92. The summed E-state index contributed by atoms with van der Waals surface area (Å²) in [6.07, 6.45) is 5.93. The number of halogens is 1. The molecule has 5 nitrogen and oxygen atoms in total. The minimum Gasteiger partial charge on any atom is -0.470 e. The fourth-order valence-corrected chi connectivity index (χ4v) is 3.73. The molecule has 0 radical (unpaired) electrons. The van der Waals surface area contributed by atoms with Crippen LogP contribution in [0.15, 0.2) is 41.1 Å². The number of nitrogens with zero attached hydrogens (tertiary/aromatic N) is 2. The van der Waals surface area contributed by atoms with Crippen molar-refractivity contribution in [1.82, 2.24) is 9.88 Å². The monoisotopic (exact) mass is 332 g/mol. The zero-order valence-corrected chi connectivity index (χ0v) is 13.5. The van der Waals surface area contributed by atoms with Crippen LogP contribution in [-0.4, -0.2) is 41.3 Å². The van der Waals surface area contributed by atoms with Gasteiger partial charge in [-0.25, -0.2) is 9.37 Å². The molecule has 0 saturated carbocycles. The van der Waals surface area contributed by atoms with Gasteiger partial charge in [-0.15, -0.1) is 0 Å². The summed E-state index contributed by atoms with van der Waals surface area (Å²) in [5.74, 6) is 0.598. The summed E-state index contributed by atoms with van der Waals surface area (Å²) in [7, 11) is 0. The maximum atomic E-state index is 13.7. The van der Waals surface area contributed by atoms with E-state index in [1.165, 1.54) is 12.3 Å². The molecule has 2 fully saturated rings. The number of likely N-dealkylation sites (tertiary alicyclic amines) is 1. The standard InChI is InChI=1S/C18H21FN2O3/c19-16-5-1-7-20-17(16)24-15-10-18(23-12-15)6-3-8-21(13-18)11-14-4-2-9-22-14/h1-2,4-5,7,9,15H,3,6,8,10-13H2/t15-,18-/m0/s1. The van der Waals surface area contributed by atoms with Crippen molar-refractivity contribution < 1.29 is 18.3 Å². The van der Waals surface area contributed by atoms with E-state index in [1.54, 1.807) is 12.3 Å². The molecule has 0 N–H and O–H groups in total. The smallest absolute Gasteiger partial charge is 0.250 e. The molecule has 2 aromatic rings. The van der Waals surface area contributed by atoms with Crippen LogP contribution in [0.3, 0.4) is 0 Å². The molecule has 0 unspecified atom stereocenters. The van der Waals surface area contributed by atoms with Crippen molar-refractivity contribution in [2.24, 2.45) is 0 Å². The number of furan rings is 1. The van der Waals surface area contributed by atoms with E-state index < -0.39 is 5.82 Å². The normalized spacial score (nSPS) is 27.6. The quantitative estimate of drug-likeness (QED) is 0.861. The SMILES string of the molecule is Fc1cccnc1O[C@@H]1CO[C@@]2(CCCN(Cc3ccco3)C2)C1. The van der Waals surface area contributed by atoms with Crippen molar-refractivity contribution in [2.75, 3.05) is 19.7 Å². The molecule has 0 aromatic carbocycles. The van der Waals surface area contributed by atoms with Gasteiger partial charge in [0.25, 0.3) is 5.88 Å². The molecule has 128 valence electrons. The van der Waals surface area contributed by atoms with Crippen molar-refractivity contribution >= 4 is 0 Å². The highest BCUT2D eigenvalue weighted by molar-refractivity contribution is 5.14. The number of hydrogen-bond donors (Lipinski definition) is 0. The van der Waals surface area contributed by atoms with Gasteiger partial charge in [-0.05, 0) is 43.7 Å². The Balaban J connectivity index is 1.38. The molecule has 2 aliphatic rings. The Bertz CT molecular complexity index is 679.